The first-order chi connectivity index (χ1) is 12.2. The molecule has 0 aliphatic carbocycles. The van der Waals surface area contributed by atoms with Crippen LogP contribution >= 0.6 is 11.6 Å². The number of rotatable bonds is 7. The highest BCUT2D eigenvalue weighted by atomic mass is 35.5. The number of hydrogen-bond acceptors (Lipinski definition) is 5. The summed E-state index contributed by atoms with van der Waals surface area (Å²) < 4.78 is 0. The molecule has 0 fully saturated rings. The van der Waals surface area contributed by atoms with Gasteiger partial charge < -0.3 is 10.6 Å². The monoisotopic (exact) mass is 353 g/mol. The van der Waals surface area contributed by atoms with Crippen molar-refractivity contribution in [3.8, 4) is 0 Å². The minimum Gasteiger partial charge on any atom is -0.362 e. The zero-order chi connectivity index (χ0) is 17.5. The number of aromatic nitrogens is 3. The van der Waals surface area contributed by atoms with Crippen molar-refractivity contribution in [2.45, 2.75) is 19.4 Å². The highest BCUT2D eigenvalue weighted by Crippen LogP contribution is 2.17. The zero-order valence-corrected chi connectivity index (χ0v) is 14.7. The second kappa shape index (κ2) is 8.44. The third kappa shape index (κ3) is 5.16. The summed E-state index contributed by atoms with van der Waals surface area (Å²) in [5.74, 6) is 1.21. The van der Waals surface area contributed by atoms with Gasteiger partial charge in [0, 0.05) is 17.6 Å². The van der Waals surface area contributed by atoms with Gasteiger partial charge in [0.2, 0.25) is 5.95 Å². The molecule has 1 atom stereocenters. The van der Waals surface area contributed by atoms with Crippen LogP contribution in [0.3, 0.4) is 0 Å². The molecule has 3 rings (SSSR count). The van der Waals surface area contributed by atoms with E-state index in [9.17, 15) is 0 Å². The third-order valence-corrected chi connectivity index (χ3v) is 4.08. The molecule has 6 heteroatoms. The van der Waals surface area contributed by atoms with E-state index in [1.54, 1.807) is 6.20 Å². The minimum atomic E-state index is 0.139. The smallest absolute Gasteiger partial charge is 0.244 e. The molecule has 1 unspecified atom stereocenters. The Hall–Kier alpha value is -2.66. The zero-order valence-electron chi connectivity index (χ0n) is 14.0. The second-order valence-corrected chi connectivity index (χ2v) is 6.18. The molecule has 128 valence electrons. The molecule has 0 bridgehead atoms. The Kier molecular flexibility index (Phi) is 5.80. The Balaban J connectivity index is 1.55. The number of benzene rings is 2. The van der Waals surface area contributed by atoms with Crippen LogP contribution in [0.25, 0.3) is 0 Å². The van der Waals surface area contributed by atoms with Crippen LogP contribution in [-0.2, 0) is 6.42 Å². The predicted molar refractivity (Wildman–Crippen MR) is 102 cm³/mol. The van der Waals surface area contributed by atoms with Gasteiger partial charge >= 0.3 is 0 Å². The van der Waals surface area contributed by atoms with Crippen LogP contribution < -0.4 is 10.6 Å². The van der Waals surface area contributed by atoms with E-state index >= 15 is 0 Å². The van der Waals surface area contributed by atoms with Gasteiger partial charge in [0.15, 0.2) is 5.82 Å². The Morgan fingerprint density at radius 2 is 1.80 bits per heavy atom. The van der Waals surface area contributed by atoms with Gasteiger partial charge in [-0.25, -0.2) is 0 Å². The van der Waals surface area contributed by atoms with Crippen LogP contribution in [0.4, 0.5) is 11.8 Å². The van der Waals surface area contributed by atoms with Crippen LogP contribution in [0.15, 0.2) is 60.8 Å². The maximum Gasteiger partial charge on any atom is 0.244 e. The van der Waals surface area contributed by atoms with Gasteiger partial charge in [0.05, 0.1) is 6.20 Å². The van der Waals surface area contributed by atoms with Crippen molar-refractivity contribution in [1.29, 1.82) is 0 Å². The fourth-order valence-electron chi connectivity index (χ4n) is 2.46. The molecule has 0 spiro atoms. The standard InChI is InChI=1S/C19H20ClN5/c1-14(16-5-3-2-4-6-16)23-18-13-22-25-19(24-18)21-12-11-15-7-9-17(20)10-8-15/h2-10,13-14H,11-12H2,1H3,(H2,21,23,24,25). The average molecular weight is 354 g/mol. The molecule has 0 saturated carbocycles. The Morgan fingerprint density at radius 3 is 2.56 bits per heavy atom. The maximum absolute atomic E-state index is 5.89. The average Bonchev–Trinajstić information content (AvgIpc) is 2.64. The lowest BCUT2D eigenvalue weighted by atomic mass is 10.1. The molecule has 0 aliphatic heterocycles. The Labute approximate surface area is 152 Å². The lowest BCUT2D eigenvalue weighted by Crippen LogP contribution is -2.12. The third-order valence-electron chi connectivity index (χ3n) is 3.83. The van der Waals surface area contributed by atoms with Gasteiger partial charge in [0.25, 0.3) is 0 Å². The van der Waals surface area contributed by atoms with E-state index in [1.165, 1.54) is 11.1 Å². The minimum absolute atomic E-state index is 0.139. The summed E-state index contributed by atoms with van der Waals surface area (Å²) in [5, 5.41) is 15.3. The number of halogens is 1. The van der Waals surface area contributed by atoms with Crippen molar-refractivity contribution < 1.29 is 0 Å². The van der Waals surface area contributed by atoms with E-state index in [0.29, 0.717) is 11.8 Å². The summed E-state index contributed by atoms with van der Waals surface area (Å²) in [4.78, 5) is 4.47. The van der Waals surface area contributed by atoms with E-state index in [-0.39, 0.29) is 6.04 Å². The molecule has 25 heavy (non-hydrogen) atoms. The van der Waals surface area contributed by atoms with E-state index in [2.05, 4.69) is 44.9 Å². The highest BCUT2D eigenvalue weighted by Gasteiger charge is 2.07. The van der Waals surface area contributed by atoms with Gasteiger partial charge in [0.1, 0.15) is 0 Å². The number of hydrogen-bond donors (Lipinski definition) is 2. The van der Waals surface area contributed by atoms with E-state index < -0.39 is 0 Å². The number of anilines is 2. The van der Waals surface area contributed by atoms with Crippen LogP contribution in [0.1, 0.15) is 24.1 Å². The van der Waals surface area contributed by atoms with Crippen LogP contribution in [0.2, 0.25) is 5.02 Å². The van der Waals surface area contributed by atoms with Gasteiger partial charge in [-0.2, -0.15) is 10.1 Å². The summed E-state index contributed by atoms with van der Waals surface area (Å²) in [5.41, 5.74) is 2.40. The molecular weight excluding hydrogens is 334 g/mol. The molecule has 0 radical (unpaired) electrons. The first kappa shape index (κ1) is 17.2. The first-order valence-electron chi connectivity index (χ1n) is 8.20. The van der Waals surface area contributed by atoms with Crippen LogP contribution in [0.5, 0.6) is 0 Å². The molecule has 1 heterocycles. The van der Waals surface area contributed by atoms with Gasteiger partial charge in [-0.3, -0.25) is 0 Å². The van der Waals surface area contributed by atoms with Crippen molar-refractivity contribution in [2.75, 3.05) is 17.2 Å². The SMILES string of the molecule is CC(Nc1cnnc(NCCc2ccc(Cl)cc2)n1)c1ccccc1. The Bertz CT molecular complexity index is 792. The van der Waals surface area contributed by atoms with Gasteiger partial charge in [-0.1, -0.05) is 54.1 Å². The van der Waals surface area contributed by atoms with Crippen molar-refractivity contribution in [3.63, 3.8) is 0 Å². The molecule has 5 nitrogen and oxygen atoms in total. The summed E-state index contributed by atoms with van der Waals surface area (Å²) in [6.07, 6.45) is 2.49. The number of nitrogens with one attached hydrogen (secondary N) is 2. The van der Waals surface area contributed by atoms with Crippen LogP contribution in [-0.4, -0.2) is 21.7 Å². The van der Waals surface area contributed by atoms with Crippen molar-refractivity contribution in [2.24, 2.45) is 0 Å². The summed E-state index contributed by atoms with van der Waals surface area (Å²) in [6.45, 7) is 2.81. The van der Waals surface area contributed by atoms with Crippen LogP contribution in [0, 0.1) is 0 Å². The van der Waals surface area contributed by atoms with E-state index in [1.807, 2.05) is 42.5 Å². The number of nitrogens with zero attached hydrogens (tertiary/aromatic N) is 3. The first-order valence-corrected chi connectivity index (χ1v) is 8.58. The lowest BCUT2D eigenvalue weighted by Gasteiger charge is -2.15. The maximum atomic E-state index is 5.89. The van der Waals surface area contributed by atoms with E-state index in [0.717, 1.165) is 18.0 Å². The molecule has 2 N–H and O–H groups in total. The quantitative estimate of drug-likeness (QED) is 0.661. The molecule has 0 aliphatic rings. The van der Waals surface area contributed by atoms with Crippen molar-refractivity contribution >= 4 is 23.4 Å². The molecular formula is C19H20ClN5. The highest BCUT2D eigenvalue weighted by molar-refractivity contribution is 6.30. The summed E-state index contributed by atoms with van der Waals surface area (Å²) in [7, 11) is 0. The fourth-order valence-corrected chi connectivity index (χ4v) is 2.59. The fraction of sp³-hybridized carbons (Fsp3) is 0.211. The van der Waals surface area contributed by atoms with Crippen molar-refractivity contribution in [1.82, 2.24) is 15.2 Å². The van der Waals surface area contributed by atoms with Crippen molar-refractivity contribution in [3.05, 3.63) is 76.9 Å². The molecule has 3 aromatic rings. The summed E-state index contributed by atoms with van der Waals surface area (Å²) in [6, 6.07) is 18.2. The lowest BCUT2D eigenvalue weighted by molar-refractivity contribution is 0.855. The van der Waals surface area contributed by atoms with E-state index in [4.69, 9.17) is 11.6 Å². The summed E-state index contributed by atoms with van der Waals surface area (Å²) >= 11 is 5.89. The molecule has 0 saturated heterocycles. The van der Waals surface area contributed by atoms with Gasteiger partial charge in [-0.15, -0.1) is 5.10 Å². The topological polar surface area (TPSA) is 62.7 Å². The molecule has 2 aromatic carbocycles. The largest absolute Gasteiger partial charge is 0.362 e. The normalized spacial score (nSPS) is 11.8. The predicted octanol–water partition coefficient (Wildman–Crippen LogP) is 4.35. The Morgan fingerprint density at radius 1 is 1.04 bits per heavy atom. The molecule has 1 aromatic heterocycles. The van der Waals surface area contributed by atoms with Gasteiger partial charge in [-0.05, 0) is 36.6 Å². The second-order valence-electron chi connectivity index (χ2n) is 5.75. The molecule has 0 amide bonds.